The Morgan fingerprint density at radius 2 is 0.743 bits per heavy atom. The molecule has 0 radical (unpaired) electrons. The Morgan fingerprint density at radius 1 is 0.429 bits per heavy atom. The summed E-state index contributed by atoms with van der Waals surface area (Å²) >= 11 is 0. The fourth-order valence-electron chi connectivity index (χ4n) is 3.33. The molecule has 0 fully saturated rings. The fourth-order valence-corrected chi connectivity index (χ4v) is 3.33. The molecule has 0 atom stereocenters. The summed E-state index contributed by atoms with van der Waals surface area (Å²) in [7, 11) is 1.36. The number of carbonyl (C=O) groups is 1. The van der Waals surface area contributed by atoms with E-state index < -0.39 is 0 Å². The Hall–Kier alpha value is -0.770. The van der Waals surface area contributed by atoms with Gasteiger partial charge < -0.3 is 33.2 Å². The van der Waals surface area contributed by atoms with E-state index in [9.17, 15) is 4.79 Å². The van der Waals surface area contributed by atoms with E-state index >= 15 is 0 Å². The normalized spacial score (nSPS) is 11.3. The van der Waals surface area contributed by atoms with E-state index in [1.165, 1.54) is 71.3 Å². The van der Waals surface area contributed by atoms with Crippen molar-refractivity contribution >= 4 is 5.97 Å². The van der Waals surface area contributed by atoms with Crippen molar-refractivity contribution in [3.05, 3.63) is 0 Å². The second-order valence-corrected chi connectivity index (χ2v) is 8.54. The van der Waals surface area contributed by atoms with Crippen molar-refractivity contribution < 1.29 is 38.0 Å². The highest BCUT2D eigenvalue weighted by Gasteiger charge is 1.99. The van der Waals surface area contributed by atoms with Crippen LogP contribution < -0.4 is 0 Å². The van der Waals surface area contributed by atoms with Gasteiger partial charge in [0.05, 0.1) is 86.2 Å². The summed E-state index contributed by atoms with van der Waals surface area (Å²) < 4.78 is 37.2. The van der Waals surface area contributed by atoms with Crippen molar-refractivity contribution in [1.29, 1.82) is 0 Å². The lowest BCUT2D eigenvalue weighted by molar-refractivity contribution is -0.141. The molecule has 0 spiro atoms. The minimum atomic E-state index is -0.271. The first-order chi connectivity index (χ1) is 17.3. The molecule has 0 aliphatic heterocycles. The van der Waals surface area contributed by atoms with Crippen LogP contribution in [0.4, 0.5) is 0 Å². The van der Waals surface area contributed by atoms with Crippen molar-refractivity contribution in [2.45, 2.75) is 84.0 Å². The molecule has 0 N–H and O–H groups in total. The first kappa shape index (κ1) is 34.2. The summed E-state index contributed by atoms with van der Waals surface area (Å²) in [6.45, 7) is 8.84. The predicted octanol–water partition coefficient (Wildman–Crippen LogP) is 4.96. The van der Waals surface area contributed by atoms with Crippen molar-refractivity contribution in [3.63, 3.8) is 0 Å². The van der Waals surface area contributed by atoms with Crippen LogP contribution in [0.25, 0.3) is 0 Å². The summed E-state index contributed by atoms with van der Waals surface area (Å²) in [5.41, 5.74) is 0. The molecule has 210 valence electrons. The van der Waals surface area contributed by atoms with Crippen LogP contribution >= 0.6 is 0 Å². The predicted molar refractivity (Wildman–Crippen MR) is 138 cm³/mol. The standard InChI is InChI=1S/C27H54O8/c1-3-4-5-6-7-8-9-10-11-12-13-15-30-17-19-32-21-23-34-25-26-35-24-22-33-20-18-31-16-14-27(28)29-2/h3-26H2,1-2H3. The highest BCUT2D eigenvalue weighted by atomic mass is 16.6. The molecule has 0 bridgehead atoms. The van der Waals surface area contributed by atoms with Crippen LogP contribution in [-0.4, -0.2) is 92.4 Å². The van der Waals surface area contributed by atoms with E-state index in [4.69, 9.17) is 28.4 Å². The molecule has 0 unspecified atom stereocenters. The van der Waals surface area contributed by atoms with Crippen LogP contribution in [0.1, 0.15) is 84.0 Å². The van der Waals surface area contributed by atoms with Gasteiger partial charge in [0, 0.05) is 6.61 Å². The van der Waals surface area contributed by atoms with Gasteiger partial charge in [0.15, 0.2) is 0 Å². The molecule has 35 heavy (non-hydrogen) atoms. The fraction of sp³-hybridized carbons (Fsp3) is 0.963. The molecule has 8 nitrogen and oxygen atoms in total. The zero-order valence-corrected chi connectivity index (χ0v) is 22.7. The van der Waals surface area contributed by atoms with Gasteiger partial charge in [0.25, 0.3) is 0 Å². The van der Waals surface area contributed by atoms with Crippen molar-refractivity contribution in [3.8, 4) is 0 Å². The van der Waals surface area contributed by atoms with Crippen molar-refractivity contribution in [2.75, 3.05) is 86.4 Å². The zero-order chi connectivity index (χ0) is 25.5. The molecule has 0 aromatic heterocycles. The van der Waals surface area contributed by atoms with Gasteiger partial charge in [-0.3, -0.25) is 4.79 Å². The molecule has 0 rings (SSSR count). The Kier molecular flexibility index (Phi) is 30.6. The summed E-state index contributed by atoms with van der Waals surface area (Å²) in [5, 5.41) is 0. The minimum Gasteiger partial charge on any atom is -0.469 e. The van der Waals surface area contributed by atoms with Gasteiger partial charge in [0.1, 0.15) is 0 Å². The molecule has 0 saturated heterocycles. The molecular formula is C27H54O8. The van der Waals surface area contributed by atoms with Crippen LogP contribution in [0.15, 0.2) is 0 Å². The highest BCUT2D eigenvalue weighted by molar-refractivity contribution is 5.69. The second kappa shape index (κ2) is 31.3. The molecular weight excluding hydrogens is 452 g/mol. The highest BCUT2D eigenvalue weighted by Crippen LogP contribution is 2.11. The summed E-state index contributed by atoms with van der Waals surface area (Å²) in [6, 6.07) is 0. The number of hydrogen-bond acceptors (Lipinski definition) is 8. The Labute approximate surface area is 214 Å². The second-order valence-electron chi connectivity index (χ2n) is 8.54. The molecule has 0 heterocycles. The van der Waals surface area contributed by atoms with E-state index in [-0.39, 0.29) is 12.4 Å². The quantitative estimate of drug-likeness (QED) is 0.0999. The first-order valence-corrected chi connectivity index (χ1v) is 13.8. The topological polar surface area (TPSA) is 81.7 Å². The lowest BCUT2D eigenvalue weighted by atomic mass is 10.1. The zero-order valence-electron chi connectivity index (χ0n) is 22.7. The number of carbonyl (C=O) groups excluding carboxylic acids is 1. The number of ether oxygens (including phenoxy) is 7. The molecule has 0 aromatic rings. The molecule has 0 saturated carbocycles. The summed E-state index contributed by atoms with van der Waals surface area (Å²) in [6.07, 6.45) is 15.1. The number of methoxy groups -OCH3 is 1. The monoisotopic (exact) mass is 506 g/mol. The van der Waals surface area contributed by atoms with Gasteiger partial charge in [-0.1, -0.05) is 71.1 Å². The average molecular weight is 507 g/mol. The van der Waals surface area contributed by atoms with Gasteiger partial charge in [-0.25, -0.2) is 0 Å². The van der Waals surface area contributed by atoms with E-state index in [1.54, 1.807) is 0 Å². The Balaban J connectivity index is 3.02. The van der Waals surface area contributed by atoms with E-state index in [2.05, 4.69) is 11.7 Å². The number of rotatable bonds is 30. The van der Waals surface area contributed by atoms with Gasteiger partial charge in [-0.15, -0.1) is 0 Å². The largest absolute Gasteiger partial charge is 0.469 e. The van der Waals surface area contributed by atoms with E-state index in [0.29, 0.717) is 72.7 Å². The maximum absolute atomic E-state index is 10.9. The lowest BCUT2D eigenvalue weighted by Gasteiger charge is -2.08. The van der Waals surface area contributed by atoms with Crippen LogP contribution in [-0.2, 0) is 38.0 Å². The van der Waals surface area contributed by atoms with Crippen LogP contribution in [0.5, 0.6) is 0 Å². The van der Waals surface area contributed by atoms with Crippen LogP contribution in [0.3, 0.4) is 0 Å². The third-order valence-corrected chi connectivity index (χ3v) is 5.43. The SMILES string of the molecule is CCCCCCCCCCCCCOCCOCCOCCOCCOCCOCCC(=O)OC. The van der Waals surface area contributed by atoms with Crippen LogP contribution in [0.2, 0.25) is 0 Å². The number of hydrogen-bond donors (Lipinski definition) is 0. The maximum Gasteiger partial charge on any atom is 0.307 e. The minimum absolute atomic E-state index is 0.262. The summed E-state index contributed by atoms with van der Waals surface area (Å²) in [5.74, 6) is -0.271. The smallest absolute Gasteiger partial charge is 0.307 e. The first-order valence-electron chi connectivity index (χ1n) is 13.8. The van der Waals surface area contributed by atoms with E-state index in [0.717, 1.165) is 13.0 Å². The lowest BCUT2D eigenvalue weighted by Crippen LogP contribution is -2.14. The third kappa shape index (κ3) is 31.2. The maximum atomic E-state index is 10.9. The molecule has 0 amide bonds. The van der Waals surface area contributed by atoms with Gasteiger partial charge in [0.2, 0.25) is 0 Å². The molecule has 8 heteroatoms. The Morgan fingerprint density at radius 3 is 1.11 bits per heavy atom. The molecule has 0 aliphatic rings. The van der Waals surface area contributed by atoms with E-state index in [1.807, 2.05) is 0 Å². The van der Waals surface area contributed by atoms with Gasteiger partial charge in [-0.05, 0) is 6.42 Å². The van der Waals surface area contributed by atoms with Crippen molar-refractivity contribution in [1.82, 2.24) is 0 Å². The van der Waals surface area contributed by atoms with Crippen molar-refractivity contribution in [2.24, 2.45) is 0 Å². The van der Waals surface area contributed by atoms with Gasteiger partial charge in [-0.2, -0.15) is 0 Å². The summed E-state index contributed by atoms with van der Waals surface area (Å²) in [4.78, 5) is 10.9. The number of esters is 1. The average Bonchev–Trinajstić information content (AvgIpc) is 2.87. The van der Waals surface area contributed by atoms with Crippen LogP contribution in [0, 0.1) is 0 Å². The Bertz CT molecular complexity index is 409. The molecule has 0 aromatic carbocycles. The van der Waals surface area contributed by atoms with Gasteiger partial charge >= 0.3 is 5.97 Å². The number of unbranched alkanes of at least 4 members (excludes halogenated alkanes) is 10. The third-order valence-electron chi connectivity index (χ3n) is 5.43. The molecule has 0 aliphatic carbocycles.